The van der Waals surface area contributed by atoms with Crippen LogP contribution in [0.15, 0.2) is 24.3 Å². The highest BCUT2D eigenvalue weighted by atomic mass is 32.2. The van der Waals surface area contributed by atoms with Crippen molar-refractivity contribution < 1.29 is 21.6 Å². The summed E-state index contributed by atoms with van der Waals surface area (Å²) in [5.41, 5.74) is -0.486. The molecule has 0 saturated carbocycles. The van der Waals surface area contributed by atoms with Gasteiger partial charge in [0.05, 0.1) is 11.3 Å². The van der Waals surface area contributed by atoms with E-state index in [1.807, 2.05) is 0 Å². The van der Waals surface area contributed by atoms with Crippen molar-refractivity contribution in [3.8, 4) is 0 Å². The van der Waals surface area contributed by atoms with Crippen LogP contribution in [0.1, 0.15) is 11.1 Å². The van der Waals surface area contributed by atoms with Gasteiger partial charge in [0.2, 0.25) is 10.0 Å². The summed E-state index contributed by atoms with van der Waals surface area (Å²) in [5, 5.41) is 0. The van der Waals surface area contributed by atoms with Crippen LogP contribution in [0.5, 0.6) is 0 Å². The summed E-state index contributed by atoms with van der Waals surface area (Å²) in [5.74, 6) is -0.332. The summed E-state index contributed by atoms with van der Waals surface area (Å²) in [6.07, 6.45) is -4.40. The first kappa shape index (κ1) is 13.0. The maximum absolute atomic E-state index is 12.2. The molecule has 0 heterocycles. The van der Waals surface area contributed by atoms with E-state index in [-0.39, 0.29) is 5.75 Å². The second kappa shape index (κ2) is 4.42. The van der Waals surface area contributed by atoms with Gasteiger partial charge in [-0.3, -0.25) is 0 Å². The largest absolute Gasteiger partial charge is 0.416 e. The maximum atomic E-state index is 12.2. The molecule has 0 bridgehead atoms. The van der Waals surface area contributed by atoms with Gasteiger partial charge in [0, 0.05) is 0 Å². The van der Waals surface area contributed by atoms with Crippen molar-refractivity contribution >= 4 is 10.0 Å². The zero-order valence-corrected chi connectivity index (χ0v) is 9.19. The molecule has 90 valence electrons. The third-order valence-electron chi connectivity index (χ3n) is 1.95. The molecule has 1 rings (SSSR count). The SMILES string of the molecule is CNS(=O)(=O)Cc1ccc(C(F)(F)F)cc1. The number of hydrogen-bond acceptors (Lipinski definition) is 2. The Kier molecular flexibility index (Phi) is 3.59. The Labute approximate surface area is 91.3 Å². The molecule has 0 unspecified atom stereocenters. The minimum Gasteiger partial charge on any atom is -0.218 e. The molecule has 1 aromatic rings. The van der Waals surface area contributed by atoms with Gasteiger partial charge in [0.1, 0.15) is 0 Å². The van der Waals surface area contributed by atoms with Crippen molar-refractivity contribution in [2.24, 2.45) is 0 Å². The second-order valence-electron chi connectivity index (χ2n) is 3.16. The van der Waals surface area contributed by atoms with Crippen molar-refractivity contribution in [2.45, 2.75) is 11.9 Å². The van der Waals surface area contributed by atoms with Crippen LogP contribution >= 0.6 is 0 Å². The van der Waals surface area contributed by atoms with E-state index in [0.717, 1.165) is 24.3 Å². The van der Waals surface area contributed by atoms with Crippen molar-refractivity contribution in [1.82, 2.24) is 4.72 Å². The van der Waals surface area contributed by atoms with Gasteiger partial charge in [-0.25, -0.2) is 13.1 Å². The lowest BCUT2D eigenvalue weighted by molar-refractivity contribution is -0.137. The fraction of sp³-hybridized carbons (Fsp3) is 0.333. The molecule has 0 aliphatic rings. The van der Waals surface area contributed by atoms with Crippen LogP contribution in [0.4, 0.5) is 13.2 Å². The zero-order valence-electron chi connectivity index (χ0n) is 8.38. The van der Waals surface area contributed by atoms with E-state index in [0.29, 0.717) is 5.56 Å². The Bertz CT molecular complexity index is 451. The van der Waals surface area contributed by atoms with Crippen LogP contribution in [-0.4, -0.2) is 15.5 Å². The molecule has 0 saturated heterocycles. The van der Waals surface area contributed by atoms with Crippen molar-refractivity contribution in [2.75, 3.05) is 7.05 Å². The van der Waals surface area contributed by atoms with E-state index >= 15 is 0 Å². The summed E-state index contributed by atoms with van der Waals surface area (Å²) in [4.78, 5) is 0. The van der Waals surface area contributed by atoms with E-state index in [4.69, 9.17) is 0 Å². The van der Waals surface area contributed by atoms with Crippen LogP contribution in [0.3, 0.4) is 0 Å². The minimum absolute atomic E-state index is 0.308. The average Bonchev–Trinajstić information content (AvgIpc) is 2.16. The van der Waals surface area contributed by atoms with Gasteiger partial charge in [-0.2, -0.15) is 13.2 Å². The molecular formula is C9H10F3NO2S. The number of alkyl halides is 3. The highest BCUT2D eigenvalue weighted by Gasteiger charge is 2.30. The summed E-state index contributed by atoms with van der Waals surface area (Å²) in [7, 11) is -2.20. The molecule has 0 aliphatic heterocycles. The Morgan fingerprint density at radius 1 is 1.19 bits per heavy atom. The normalized spacial score (nSPS) is 12.8. The first-order valence-electron chi connectivity index (χ1n) is 4.32. The summed E-state index contributed by atoms with van der Waals surface area (Å²) in [6, 6.07) is 4.02. The standard InChI is InChI=1S/C9H10F3NO2S/c1-13-16(14,15)6-7-2-4-8(5-3-7)9(10,11)12/h2-5,13H,6H2,1H3. The summed E-state index contributed by atoms with van der Waals surface area (Å²) in [6.45, 7) is 0. The lowest BCUT2D eigenvalue weighted by Crippen LogP contribution is -2.20. The highest BCUT2D eigenvalue weighted by molar-refractivity contribution is 7.88. The highest BCUT2D eigenvalue weighted by Crippen LogP contribution is 2.29. The van der Waals surface area contributed by atoms with Crippen LogP contribution < -0.4 is 4.72 Å². The fourth-order valence-electron chi connectivity index (χ4n) is 1.08. The van der Waals surface area contributed by atoms with Gasteiger partial charge in [0.15, 0.2) is 0 Å². The molecule has 0 spiro atoms. The van der Waals surface area contributed by atoms with Gasteiger partial charge >= 0.3 is 6.18 Å². The first-order valence-corrected chi connectivity index (χ1v) is 5.97. The Balaban J connectivity index is 2.89. The van der Waals surface area contributed by atoms with Crippen LogP contribution in [-0.2, 0) is 22.0 Å². The number of halogens is 3. The molecule has 7 heteroatoms. The lowest BCUT2D eigenvalue weighted by atomic mass is 10.1. The van der Waals surface area contributed by atoms with E-state index < -0.39 is 21.8 Å². The van der Waals surface area contributed by atoms with E-state index in [9.17, 15) is 21.6 Å². The predicted molar refractivity (Wildman–Crippen MR) is 53.1 cm³/mol. The molecule has 0 aromatic heterocycles. The van der Waals surface area contributed by atoms with Crippen molar-refractivity contribution in [1.29, 1.82) is 0 Å². The number of sulfonamides is 1. The molecular weight excluding hydrogens is 243 g/mol. The van der Waals surface area contributed by atoms with Gasteiger partial charge in [-0.1, -0.05) is 12.1 Å². The number of rotatable bonds is 3. The molecule has 16 heavy (non-hydrogen) atoms. The molecule has 0 aliphatic carbocycles. The second-order valence-corrected chi connectivity index (χ2v) is 5.08. The average molecular weight is 253 g/mol. The van der Waals surface area contributed by atoms with E-state index in [2.05, 4.69) is 4.72 Å². The molecule has 3 nitrogen and oxygen atoms in total. The third-order valence-corrected chi connectivity index (χ3v) is 3.28. The third kappa shape index (κ3) is 3.49. The minimum atomic E-state index is -4.40. The number of nitrogens with one attached hydrogen (secondary N) is 1. The molecule has 0 fully saturated rings. The number of hydrogen-bond donors (Lipinski definition) is 1. The Hall–Kier alpha value is -1.08. The zero-order chi connectivity index (χ0) is 12.4. The van der Waals surface area contributed by atoms with Gasteiger partial charge < -0.3 is 0 Å². The Morgan fingerprint density at radius 3 is 2.06 bits per heavy atom. The molecule has 1 N–H and O–H groups in total. The molecule has 0 radical (unpaired) electrons. The maximum Gasteiger partial charge on any atom is 0.416 e. The van der Waals surface area contributed by atoms with Gasteiger partial charge in [0.25, 0.3) is 0 Å². The lowest BCUT2D eigenvalue weighted by Gasteiger charge is -2.07. The smallest absolute Gasteiger partial charge is 0.218 e. The molecule has 0 amide bonds. The van der Waals surface area contributed by atoms with Crippen molar-refractivity contribution in [3.05, 3.63) is 35.4 Å². The Morgan fingerprint density at radius 2 is 1.69 bits per heavy atom. The van der Waals surface area contributed by atoms with E-state index in [1.54, 1.807) is 0 Å². The fourth-order valence-corrected chi connectivity index (χ4v) is 1.86. The van der Waals surface area contributed by atoms with Crippen LogP contribution in [0.2, 0.25) is 0 Å². The quantitative estimate of drug-likeness (QED) is 0.892. The number of benzene rings is 1. The van der Waals surface area contributed by atoms with E-state index in [1.165, 1.54) is 7.05 Å². The van der Waals surface area contributed by atoms with Gasteiger partial charge in [-0.15, -0.1) is 0 Å². The summed E-state index contributed by atoms with van der Waals surface area (Å²) < 4.78 is 60.9. The summed E-state index contributed by atoms with van der Waals surface area (Å²) >= 11 is 0. The molecule has 0 atom stereocenters. The topological polar surface area (TPSA) is 46.2 Å². The van der Waals surface area contributed by atoms with Gasteiger partial charge in [-0.05, 0) is 24.7 Å². The van der Waals surface area contributed by atoms with Crippen LogP contribution in [0.25, 0.3) is 0 Å². The van der Waals surface area contributed by atoms with Crippen LogP contribution in [0, 0.1) is 0 Å². The first-order chi connectivity index (χ1) is 7.24. The monoisotopic (exact) mass is 253 g/mol. The predicted octanol–water partition coefficient (Wildman–Crippen LogP) is 1.75. The molecule has 1 aromatic carbocycles. The van der Waals surface area contributed by atoms with Crippen molar-refractivity contribution in [3.63, 3.8) is 0 Å².